The van der Waals surface area contributed by atoms with Crippen molar-refractivity contribution in [2.24, 2.45) is 0 Å². The van der Waals surface area contributed by atoms with Crippen molar-refractivity contribution in [2.75, 3.05) is 6.54 Å². The Kier molecular flexibility index (Phi) is 5.12. The van der Waals surface area contributed by atoms with Gasteiger partial charge in [-0.05, 0) is 44.4 Å². The summed E-state index contributed by atoms with van der Waals surface area (Å²) in [5.74, 6) is -0.925. The fourth-order valence-corrected chi connectivity index (χ4v) is 3.12. The van der Waals surface area contributed by atoms with Crippen molar-refractivity contribution in [1.29, 1.82) is 0 Å². The number of piperidine rings is 1. The monoisotopic (exact) mass is 279 g/mol. The zero-order valence-corrected chi connectivity index (χ0v) is 11.9. The number of carboxylic acids is 1. The average Bonchev–Trinajstić information content (AvgIpc) is 2.41. The third-order valence-electron chi connectivity index (χ3n) is 4.12. The zero-order chi connectivity index (χ0) is 14.5. The number of benzene rings is 1. The van der Waals surface area contributed by atoms with Gasteiger partial charge >= 0.3 is 5.97 Å². The predicted octanol–water partition coefficient (Wildman–Crippen LogP) is 3.09. The summed E-state index contributed by atoms with van der Waals surface area (Å²) in [6, 6.07) is 7.07. The molecule has 1 aliphatic heterocycles. The summed E-state index contributed by atoms with van der Waals surface area (Å²) in [4.78, 5) is 13.2. The Labute approximate surface area is 119 Å². The smallest absolute Gasteiger partial charge is 0.304 e. The third kappa shape index (κ3) is 3.79. The maximum Gasteiger partial charge on any atom is 0.304 e. The van der Waals surface area contributed by atoms with E-state index in [0.717, 1.165) is 25.8 Å². The highest BCUT2D eigenvalue weighted by atomic mass is 19.1. The number of carboxylic acid groups (broad SMARTS) is 1. The average molecular weight is 279 g/mol. The molecule has 3 nitrogen and oxygen atoms in total. The number of likely N-dealkylation sites (tertiary alicyclic amines) is 1. The number of halogens is 1. The van der Waals surface area contributed by atoms with Gasteiger partial charge in [-0.25, -0.2) is 4.39 Å². The second-order valence-electron chi connectivity index (χ2n) is 5.63. The van der Waals surface area contributed by atoms with E-state index in [1.54, 1.807) is 6.07 Å². The fraction of sp³-hybridized carbons (Fsp3) is 0.562. The van der Waals surface area contributed by atoms with E-state index in [-0.39, 0.29) is 24.3 Å². The normalized spacial score (nSPS) is 21.6. The van der Waals surface area contributed by atoms with Crippen molar-refractivity contribution in [1.82, 2.24) is 4.90 Å². The number of hydrogen-bond acceptors (Lipinski definition) is 2. The van der Waals surface area contributed by atoms with Crippen LogP contribution in [0.5, 0.6) is 0 Å². The molecule has 1 heterocycles. The quantitative estimate of drug-likeness (QED) is 0.900. The van der Waals surface area contributed by atoms with Gasteiger partial charge in [-0.2, -0.15) is 0 Å². The van der Waals surface area contributed by atoms with Crippen LogP contribution in [0.4, 0.5) is 4.39 Å². The minimum absolute atomic E-state index is 0.0861. The van der Waals surface area contributed by atoms with E-state index in [4.69, 9.17) is 5.11 Å². The summed E-state index contributed by atoms with van der Waals surface area (Å²) in [6.45, 7) is 2.97. The first kappa shape index (κ1) is 15.0. The Morgan fingerprint density at radius 1 is 1.45 bits per heavy atom. The van der Waals surface area contributed by atoms with Gasteiger partial charge in [-0.15, -0.1) is 0 Å². The Balaban J connectivity index is 2.04. The predicted molar refractivity (Wildman–Crippen MR) is 76.2 cm³/mol. The van der Waals surface area contributed by atoms with Crippen molar-refractivity contribution in [3.8, 4) is 0 Å². The van der Waals surface area contributed by atoms with Crippen LogP contribution in [-0.4, -0.2) is 34.6 Å². The summed E-state index contributed by atoms with van der Waals surface area (Å²) >= 11 is 0. The molecule has 0 aromatic heterocycles. The first-order valence-electron chi connectivity index (χ1n) is 7.29. The van der Waals surface area contributed by atoms with Crippen LogP contribution in [0.2, 0.25) is 0 Å². The number of rotatable bonds is 5. The maximum absolute atomic E-state index is 13.7. The largest absolute Gasteiger partial charge is 0.481 e. The van der Waals surface area contributed by atoms with Crippen LogP contribution in [-0.2, 0) is 11.2 Å². The highest BCUT2D eigenvalue weighted by Crippen LogP contribution is 2.24. The molecule has 1 saturated heterocycles. The standard InChI is InChI=1S/C16H22FNO2/c1-12(10-13-6-2-3-8-15(13)17)18-9-5-4-7-14(18)11-16(19)20/h2-3,6,8,12,14H,4-5,7,9-11H2,1H3,(H,19,20). The first-order valence-corrected chi connectivity index (χ1v) is 7.29. The van der Waals surface area contributed by atoms with Gasteiger partial charge in [-0.1, -0.05) is 24.6 Å². The molecule has 4 heteroatoms. The Bertz CT molecular complexity index is 464. The topological polar surface area (TPSA) is 40.5 Å². The van der Waals surface area contributed by atoms with Crippen LogP contribution < -0.4 is 0 Å². The van der Waals surface area contributed by atoms with Gasteiger partial charge in [0, 0.05) is 12.1 Å². The van der Waals surface area contributed by atoms with Gasteiger partial charge in [0.1, 0.15) is 5.82 Å². The lowest BCUT2D eigenvalue weighted by atomic mass is 9.95. The molecule has 0 bridgehead atoms. The van der Waals surface area contributed by atoms with Gasteiger partial charge in [-0.3, -0.25) is 9.69 Å². The number of nitrogens with zero attached hydrogens (tertiary/aromatic N) is 1. The van der Waals surface area contributed by atoms with Crippen molar-refractivity contribution < 1.29 is 14.3 Å². The minimum atomic E-state index is -0.750. The highest BCUT2D eigenvalue weighted by molar-refractivity contribution is 5.67. The molecule has 1 aromatic carbocycles. The molecule has 2 rings (SSSR count). The van der Waals surface area contributed by atoms with Gasteiger partial charge in [0.25, 0.3) is 0 Å². The molecule has 20 heavy (non-hydrogen) atoms. The van der Waals surface area contributed by atoms with Crippen LogP contribution in [0.25, 0.3) is 0 Å². The summed E-state index contributed by atoms with van der Waals surface area (Å²) in [6.07, 6.45) is 3.91. The lowest BCUT2D eigenvalue weighted by Crippen LogP contribution is -2.46. The molecule has 1 N–H and O–H groups in total. The minimum Gasteiger partial charge on any atom is -0.481 e. The van der Waals surface area contributed by atoms with Crippen LogP contribution in [0.15, 0.2) is 24.3 Å². The molecule has 1 fully saturated rings. The van der Waals surface area contributed by atoms with Gasteiger partial charge < -0.3 is 5.11 Å². The van der Waals surface area contributed by atoms with Gasteiger partial charge in [0.15, 0.2) is 0 Å². The molecule has 0 aliphatic carbocycles. The van der Waals surface area contributed by atoms with E-state index < -0.39 is 5.97 Å². The molecule has 1 aromatic rings. The molecule has 0 spiro atoms. The molecular formula is C16H22FNO2. The number of hydrogen-bond donors (Lipinski definition) is 1. The molecular weight excluding hydrogens is 257 g/mol. The lowest BCUT2D eigenvalue weighted by molar-refractivity contribution is -0.139. The zero-order valence-electron chi connectivity index (χ0n) is 11.9. The SMILES string of the molecule is CC(Cc1ccccc1F)N1CCCCC1CC(=O)O. The van der Waals surface area contributed by atoms with Crippen LogP contribution in [0, 0.1) is 5.82 Å². The molecule has 0 amide bonds. The third-order valence-corrected chi connectivity index (χ3v) is 4.12. The van der Waals surface area contributed by atoms with Crippen molar-refractivity contribution >= 4 is 5.97 Å². The van der Waals surface area contributed by atoms with E-state index in [0.29, 0.717) is 12.0 Å². The Morgan fingerprint density at radius 2 is 2.20 bits per heavy atom. The lowest BCUT2D eigenvalue weighted by Gasteiger charge is -2.39. The number of carbonyl (C=O) groups is 1. The molecule has 1 aliphatic rings. The van der Waals surface area contributed by atoms with Crippen molar-refractivity contribution in [2.45, 2.75) is 51.1 Å². The summed E-state index contributed by atoms with van der Waals surface area (Å²) in [7, 11) is 0. The molecule has 0 radical (unpaired) electrons. The van der Waals surface area contributed by atoms with Gasteiger partial charge in [0.05, 0.1) is 6.42 Å². The molecule has 0 saturated carbocycles. The summed E-state index contributed by atoms with van der Waals surface area (Å²) < 4.78 is 13.7. The maximum atomic E-state index is 13.7. The summed E-state index contributed by atoms with van der Waals surface area (Å²) in [5.41, 5.74) is 0.708. The van der Waals surface area contributed by atoms with Crippen molar-refractivity contribution in [3.05, 3.63) is 35.6 Å². The van der Waals surface area contributed by atoms with Crippen LogP contribution >= 0.6 is 0 Å². The van der Waals surface area contributed by atoms with Gasteiger partial charge in [0.2, 0.25) is 0 Å². The van der Waals surface area contributed by atoms with Crippen molar-refractivity contribution in [3.63, 3.8) is 0 Å². The Hall–Kier alpha value is -1.42. The molecule has 110 valence electrons. The second kappa shape index (κ2) is 6.84. The van der Waals surface area contributed by atoms with E-state index in [9.17, 15) is 9.18 Å². The molecule has 2 atom stereocenters. The van der Waals surface area contributed by atoms with E-state index >= 15 is 0 Å². The first-order chi connectivity index (χ1) is 9.58. The van der Waals surface area contributed by atoms with Crippen LogP contribution in [0.1, 0.15) is 38.2 Å². The summed E-state index contributed by atoms with van der Waals surface area (Å²) in [5, 5.41) is 9.01. The second-order valence-corrected chi connectivity index (χ2v) is 5.63. The Morgan fingerprint density at radius 3 is 2.90 bits per heavy atom. The fourth-order valence-electron chi connectivity index (χ4n) is 3.12. The van der Waals surface area contributed by atoms with E-state index in [1.807, 2.05) is 12.1 Å². The number of aliphatic carboxylic acids is 1. The van der Waals surface area contributed by atoms with Crippen LogP contribution in [0.3, 0.4) is 0 Å². The van der Waals surface area contributed by atoms with E-state index in [2.05, 4.69) is 11.8 Å². The highest BCUT2D eigenvalue weighted by Gasteiger charge is 2.28. The van der Waals surface area contributed by atoms with E-state index in [1.165, 1.54) is 6.07 Å². The molecule has 2 unspecified atom stereocenters.